The van der Waals surface area contributed by atoms with Crippen molar-refractivity contribution in [1.82, 2.24) is 5.32 Å². The number of anilines is 1. The van der Waals surface area contributed by atoms with Gasteiger partial charge in [-0.2, -0.15) is 0 Å². The number of nitro groups is 1. The van der Waals surface area contributed by atoms with Gasteiger partial charge in [0.2, 0.25) is 0 Å². The van der Waals surface area contributed by atoms with E-state index in [1.54, 1.807) is 6.07 Å². The van der Waals surface area contributed by atoms with E-state index in [0.29, 0.717) is 11.8 Å². The van der Waals surface area contributed by atoms with E-state index in [9.17, 15) is 10.1 Å². The molecule has 3 rings (SSSR count). The zero-order chi connectivity index (χ0) is 12.7. The molecule has 2 aliphatic heterocycles. The van der Waals surface area contributed by atoms with Crippen LogP contribution in [0.25, 0.3) is 0 Å². The Kier molecular flexibility index (Phi) is 2.99. The third-order valence-electron chi connectivity index (χ3n) is 3.86. The lowest BCUT2D eigenvalue weighted by Gasteiger charge is -2.19. The van der Waals surface area contributed by atoms with Crippen LogP contribution in [0.15, 0.2) is 22.7 Å². The largest absolute Gasteiger partial charge is 0.365 e. The van der Waals surface area contributed by atoms with E-state index in [0.717, 1.165) is 36.3 Å². The Labute approximate surface area is 113 Å². The van der Waals surface area contributed by atoms with Gasteiger partial charge in [0, 0.05) is 36.7 Å². The van der Waals surface area contributed by atoms with Crippen molar-refractivity contribution in [2.24, 2.45) is 11.8 Å². The van der Waals surface area contributed by atoms with Crippen LogP contribution in [0.4, 0.5) is 11.4 Å². The van der Waals surface area contributed by atoms with Crippen molar-refractivity contribution in [3.8, 4) is 0 Å². The minimum absolute atomic E-state index is 0.192. The molecule has 2 heterocycles. The summed E-state index contributed by atoms with van der Waals surface area (Å²) >= 11 is 3.29. The number of nitrogens with zero attached hydrogens (tertiary/aromatic N) is 2. The zero-order valence-corrected chi connectivity index (χ0v) is 11.4. The molecule has 1 aromatic rings. The Bertz CT molecular complexity index is 482. The molecule has 1 aromatic carbocycles. The molecule has 6 heteroatoms. The highest BCUT2D eigenvalue weighted by Gasteiger charge is 2.37. The lowest BCUT2D eigenvalue weighted by Crippen LogP contribution is -2.26. The fourth-order valence-electron chi connectivity index (χ4n) is 2.96. The summed E-state index contributed by atoms with van der Waals surface area (Å²) in [6.45, 7) is 3.90. The van der Waals surface area contributed by atoms with Crippen molar-refractivity contribution in [3.63, 3.8) is 0 Å². The summed E-state index contributed by atoms with van der Waals surface area (Å²) in [5.41, 5.74) is 0.940. The predicted molar refractivity (Wildman–Crippen MR) is 72.9 cm³/mol. The predicted octanol–water partition coefficient (Wildman–Crippen LogP) is 2.01. The van der Waals surface area contributed by atoms with Gasteiger partial charge in [-0.05, 0) is 24.0 Å². The first kappa shape index (κ1) is 11.9. The Morgan fingerprint density at radius 3 is 2.61 bits per heavy atom. The van der Waals surface area contributed by atoms with E-state index >= 15 is 0 Å². The van der Waals surface area contributed by atoms with Crippen molar-refractivity contribution >= 4 is 27.3 Å². The Balaban J connectivity index is 1.90. The smallest absolute Gasteiger partial charge is 0.293 e. The van der Waals surface area contributed by atoms with Crippen LogP contribution in [0.1, 0.15) is 0 Å². The number of hydrogen-bond donors (Lipinski definition) is 1. The maximum absolute atomic E-state index is 11.1. The molecule has 0 aliphatic carbocycles. The van der Waals surface area contributed by atoms with Crippen LogP contribution in [0.2, 0.25) is 0 Å². The molecule has 0 spiro atoms. The number of fused-ring (bicyclic) bond motifs is 1. The first-order chi connectivity index (χ1) is 8.65. The van der Waals surface area contributed by atoms with E-state index in [2.05, 4.69) is 26.1 Å². The van der Waals surface area contributed by atoms with Crippen molar-refractivity contribution in [2.75, 3.05) is 31.1 Å². The Morgan fingerprint density at radius 2 is 2.00 bits per heavy atom. The summed E-state index contributed by atoms with van der Waals surface area (Å²) in [5, 5.41) is 14.5. The van der Waals surface area contributed by atoms with Gasteiger partial charge >= 0.3 is 0 Å². The van der Waals surface area contributed by atoms with E-state index < -0.39 is 0 Å². The second-order valence-electron chi connectivity index (χ2n) is 4.97. The summed E-state index contributed by atoms with van der Waals surface area (Å²) in [5.74, 6) is 1.27. The molecule has 18 heavy (non-hydrogen) atoms. The normalized spacial score (nSPS) is 26.4. The maximum Gasteiger partial charge on any atom is 0.293 e. The molecule has 0 amide bonds. The van der Waals surface area contributed by atoms with E-state index in [1.807, 2.05) is 12.1 Å². The highest BCUT2D eigenvalue weighted by atomic mass is 79.9. The molecule has 0 saturated carbocycles. The van der Waals surface area contributed by atoms with Crippen LogP contribution in [0, 0.1) is 22.0 Å². The number of halogens is 1. The second-order valence-corrected chi connectivity index (χ2v) is 5.89. The van der Waals surface area contributed by atoms with Crippen LogP contribution in [0.5, 0.6) is 0 Å². The van der Waals surface area contributed by atoms with Gasteiger partial charge in [0.15, 0.2) is 0 Å². The molecule has 96 valence electrons. The van der Waals surface area contributed by atoms with Gasteiger partial charge in [0.25, 0.3) is 5.69 Å². The van der Waals surface area contributed by atoms with E-state index in [-0.39, 0.29) is 10.6 Å². The SMILES string of the molecule is O=[N+]([O-])c1cc(Br)ccc1N1CC2CNCC2C1. The highest BCUT2D eigenvalue weighted by Crippen LogP contribution is 2.36. The fraction of sp³-hybridized carbons (Fsp3) is 0.500. The average molecular weight is 312 g/mol. The van der Waals surface area contributed by atoms with Gasteiger partial charge in [0.05, 0.1) is 4.92 Å². The molecule has 2 saturated heterocycles. The fourth-order valence-corrected chi connectivity index (χ4v) is 3.31. The number of hydrogen-bond acceptors (Lipinski definition) is 4. The van der Waals surface area contributed by atoms with Crippen LogP contribution in [-0.2, 0) is 0 Å². The summed E-state index contributed by atoms with van der Waals surface area (Å²) in [6.07, 6.45) is 0. The third-order valence-corrected chi connectivity index (χ3v) is 4.36. The standard InChI is InChI=1S/C12H14BrN3O2/c13-10-1-2-11(12(3-10)16(17)18)15-6-8-4-14-5-9(8)7-15/h1-3,8-9,14H,4-7H2. The molecule has 0 bridgehead atoms. The topological polar surface area (TPSA) is 58.4 Å². The Morgan fingerprint density at radius 1 is 1.33 bits per heavy atom. The average Bonchev–Trinajstić information content (AvgIpc) is 2.88. The second kappa shape index (κ2) is 4.51. The van der Waals surface area contributed by atoms with Crippen molar-refractivity contribution in [1.29, 1.82) is 0 Å². The van der Waals surface area contributed by atoms with Crippen molar-refractivity contribution in [2.45, 2.75) is 0 Å². The molecule has 2 aliphatic rings. The van der Waals surface area contributed by atoms with Gasteiger partial charge in [-0.3, -0.25) is 10.1 Å². The molecule has 2 atom stereocenters. The van der Waals surface area contributed by atoms with Crippen molar-refractivity contribution in [3.05, 3.63) is 32.8 Å². The lowest BCUT2D eigenvalue weighted by atomic mass is 10.0. The third kappa shape index (κ3) is 1.99. The summed E-state index contributed by atoms with van der Waals surface area (Å²) in [6, 6.07) is 5.30. The molecule has 2 unspecified atom stereocenters. The van der Waals surface area contributed by atoms with E-state index in [4.69, 9.17) is 0 Å². The van der Waals surface area contributed by atoms with Gasteiger partial charge in [0.1, 0.15) is 5.69 Å². The molecule has 0 radical (unpaired) electrons. The van der Waals surface area contributed by atoms with Gasteiger partial charge in [-0.25, -0.2) is 0 Å². The van der Waals surface area contributed by atoms with Gasteiger partial charge in [-0.15, -0.1) is 0 Å². The van der Waals surface area contributed by atoms with Crippen LogP contribution < -0.4 is 10.2 Å². The zero-order valence-electron chi connectivity index (χ0n) is 9.80. The number of rotatable bonds is 2. The van der Waals surface area contributed by atoms with Gasteiger partial charge < -0.3 is 10.2 Å². The minimum atomic E-state index is -0.299. The van der Waals surface area contributed by atoms with Gasteiger partial charge in [-0.1, -0.05) is 15.9 Å². The summed E-state index contributed by atoms with van der Waals surface area (Å²) in [4.78, 5) is 13.0. The number of benzene rings is 1. The minimum Gasteiger partial charge on any atom is -0.365 e. The quantitative estimate of drug-likeness (QED) is 0.670. The molecular formula is C12H14BrN3O2. The van der Waals surface area contributed by atoms with Crippen LogP contribution in [-0.4, -0.2) is 31.1 Å². The molecule has 0 aromatic heterocycles. The Hall–Kier alpha value is -1.14. The lowest BCUT2D eigenvalue weighted by molar-refractivity contribution is -0.384. The van der Waals surface area contributed by atoms with Crippen LogP contribution in [0.3, 0.4) is 0 Å². The van der Waals surface area contributed by atoms with Crippen molar-refractivity contribution < 1.29 is 4.92 Å². The monoisotopic (exact) mass is 311 g/mol. The molecule has 2 fully saturated rings. The summed E-state index contributed by atoms with van der Waals surface area (Å²) in [7, 11) is 0. The summed E-state index contributed by atoms with van der Waals surface area (Å²) < 4.78 is 0.749. The molecule has 5 nitrogen and oxygen atoms in total. The maximum atomic E-state index is 11.1. The highest BCUT2D eigenvalue weighted by molar-refractivity contribution is 9.10. The number of nitrogens with one attached hydrogen (secondary N) is 1. The van der Waals surface area contributed by atoms with E-state index in [1.165, 1.54) is 0 Å². The molecular weight excluding hydrogens is 298 g/mol. The first-order valence-corrected chi connectivity index (χ1v) is 6.84. The molecule has 1 N–H and O–H groups in total. The first-order valence-electron chi connectivity index (χ1n) is 6.05. The van der Waals surface area contributed by atoms with Crippen LogP contribution >= 0.6 is 15.9 Å². The number of nitro benzene ring substituents is 1.